The van der Waals surface area contributed by atoms with Gasteiger partial charge in [-0.3, -0.25) is 4.72 Å². The van der Waals surface area contributed by atoms with E-state index in [0.717, 1.165) is 0 Å². The van der Waals surface area contributed by atoms with E-state index in [1.807, 2.05) is 0 Å². The molecule has 0 unspecified atom stereocenters. The fraction of sp³-hybridized carbons (Fsp3) is 0.0769. The van der Waals surface area contributed by atoms with Crippen molar-refractivity contribution in [3.63, 3.8) is 0 Å². The smallest absolute Gasteiger partial charge is 0.261 e. The first-order chi connectivity index (χ1) is 9.29. The van der Waals surface area contributed by atoms with Crippen molar-refractivity contribution in [3.05, 3.63) is 51.5 Å². The number of rotatable bonds is 3. The molecule has 2 aromatic rings. The van der Waals surface area contributed by atoms with Gasteiger partial charge in [-0.1, -0.05) is 33.6 Å². The second-order valence-corrected chi connectivity index (χ2v) is 7.26. The summed E-state index contributed by atoms with van der Waals surface area (Å²) in [4.78, 5) is 0.166. The first-order valence-electron chi connectivity index (χ1n) is 5.63. The molecule has 2 rings (SSSR count). The predicted octanol–water partition coefficient (Wildman–Crippen LogP) is 3.79. The lowest BCUT2D eigenvalue weighted by molar-refractivity contribution is 0.601. The van der Waals surface area contributed by atoms with Gasteiger partial charge in [0, 0.05) is 4.47 Å². The van der Waals surface area contributed by atoms with Gasteiger partial charge >= 0.3 is 0 Å². The zero-order valence-electron chi connectivity index (χ0n) is 10.5. The number of nitrogens with one attached hydrogen (secondary N) is 1. The monoisotopic (exact) mass is 374 g/mol. The summed E-state index contributed by atoms with van der Waals surface area (Å²) in [5, 5.41) is 0.308. The topological polar surface area (TPSA) is 72.2 Å². The number of hydrogen-bond acceptors (Lipinski definition) is 3. The van der Waals surface area contributed by atoms with Gasteiger partial charge in [-0.05, 0) is 42.8 Å². The van der Waals surface area contributed by atoms with Crippen LogP contribution in [0.4, 0.5) is 11.4 Å². The van der Waals surface area contributed by atoms with Gasteiger partial charge in [-0.2, -0.15) is 0 Å². The largest absolute Gasteiger partial charge is 0.398 e. The molecule has 0 amide bonds. The van der Waals surface area contributed by atoms with Gasteiger partial charge in [0.2, 0.25) is 0 Å². The van der Waals surface area contributed by atoms with Gasteiger partial charge in [0.05, 0.1) is 21.3 Å². The van der Waals surface area contributed by atoms with Crippen molar-refractivity contribution >= 4 is 48.9 Å². The molecule has 0 spiro atoms. The molecule has 0 aliphatic heterocycles. The molecule has 0 fully saturated rings. The van der Waals surface area contributed by atoms with Crippen LogP contribution in [0, 0.1) is 6.92 Å². The van der Waals surface area contributed by atoms with Gasteiger partial charge in [0.1, 0.15) is 0 Å². The molecule has 4 nitrogen and oxygen atoms in total. The third-order valence-corrected chi connectivity index (χ3v) is 4.88. The van der Waals surface area contributed by atoms with Crippen molar-refractivity contribution in [1.29, 1.82) is 0 Å². The Morgan fingerprint density at radius 1 is 1.25 bits per heavy atom. The maximum atomic E-state index is 12.3. The number of aryl methyl sites for hydroxylation is 1. The standard InChI is InChI=1S/C13H12BrClN2O2S/c1-8-5-12(16)11(15)7-13(8)17-20(18,19)10-4-2-3-9(14)6-10/h2-7,17H,16H2,1H3. The summed E-state index contributed by atoms with van der Waals surface area (Å²) in [5.41, 5.74) is 7.19. The lowest BCUT2D eigenvalue weighted by Gasteiger charge is -2.12. The maximum absolute atomic E-state index is 12.3. The van der Waals surface area contributed by atoms with Gasteiger partial charge in [-0.25, -0.2) is 8.42 Å². The van der Waals surface area contributed by atoms with Crippen LogP contribution in [0.15, 0.2) is 45.8 Å². The van der Waals surface area contributed by atoms with Crippen LogP contribution in [0.1, 0.15) is 5.56 Å². The Kier molecular flexibility index (Phi) is 4.27. The quantitative estimate of drug-likeness (QED) is 0.802. The molecule has 0 aromatic heterocycles. The Labute approximate surface area is 131 Å². The van der Waals surface area contributed by atoms with E-state index in [-0.39, 0.29) is 4.90 Å². The van der Waals surface area contributed by atoms with Crippen LogP contribution in [-0.2, 0) is 10.0 Å². The number of sulfonamides is 1. The SMILES string of the molecule is Cc1cc(N)c(Cl)cc1NS(=O)(=O)c1cccc(Br)c1. The van der Waals surface area contributed by atoms with Crippen molar-refractivity contribution in [2.45, 2.75) is 11.8 Å². The van der Waals surface area contributed by atoms with Crippen LogP contribution in [0.2, 0.25) is 5.02 Å². The van der Waals surface area contributed by atoms with E-state index in [9.17, 15) is 8.42 Å². The highest BCUT2D eigenvalue weighted by molar-refractivity contribution is 9.10. The lowest BCUT2D eigenvalue weighted by Crippen LogP contribution is -2.14. The molecule has 0 bridgehead atoms. The number of anilines is 2. The van der Waals surface area contributed by atoms with Crippen LogP contribution in [0.5, 0.6) is 0 Å². The number of benzene rings is 2. The molecule has 0 aliphatic carbocycles. The molecule has 0 atom stereocenters. The summed E-state index contributed by atoms with van der Waals surface area (Å²) >= 11 is 9.16. The third-order valence-electron chi connectivity index (χ3n) is 2.69. The number of nitrogen functional groups attached to an aromatic ring is 1. The van der Waals surface area contributed by atoms with Crippen molar-refractivity contribution in [3.8, 4) is 0 Å². The highest BCUT2D eigenvalue weighted by Gasteiger charge is 2.16. The van der Waals surface area contributed by atoms with E-state index < -0.39 is 10.0 Å². The average molecular weight is 376 g/mol. The minimum atomic E-state index is -3.67. The van der Waals surface area contributed by atoms with Gasteiger partial charge in [-0.15, -0.1) is 0 Å². The molecule has 0 saturated heterocycles. The second kappa shape index (κ2) is 5.63. The van der Waals surface area contributed by atoms with E-state index >= 15 is 0 Å². The predicted molar refractivity (Wildman–Crippen MR) is 85.6 cm³/mol. The fourth-order valence-corrected chi connectivity index (χ4v) is 3.53. The van der Waals surface area contributed by atoms with Crippen LogP contribution < -0.4 is 10.5 Å². The van der Waals surface area contributed by atoms with Crippen molar-refractivity contribution in [2.24, 2.45) is 0 Å². The molecule has 2 aromatic carbocycles. The maximum Gasteiger partial charge on any atom is 0.261 e. The summed E-state index contributed by atoms with van der Waals surface area (Å²) < 4.78 is 27.8. The highest BCUT2D eigenvalue weighted by atomic mass is 79.9. The third kappa shape index (κ3) is 3.26. The molecular weight excluding hydrogens is 364 g/mol. The van der Waals surface area contributed by atoms with E-state index in [1.54, 1.807) is 25.1 Å². The summed E-state index contributed by atoms with van der Waals surface area (Å²) in [6, 6.07) is 9.58. The second-order valence-electron chi connectivity index (χ2n) is 4.25. The van der Waals surface area contributed by atoms with E-state index in [2.05, 4.69) is 20.7 Å². The minimum absolute atomic E-state index is 0.166. The summed E-state index contributed by atoms with van der Waals surface area (Å²) in [5.74, 6) is 0. The molecule has 0 aliphatic rings. The Hall–Kier alpha value is -1.24. The molecule has 7 heteroatoms. The van der Waals surface area contributed by atoms with Crippen molar-refractivity contribution in [1.82, 2.24) is 0 Å². The zero-order valence-corrected chi connectivity index (χ0v) is 13.7. The molecular formula is C13H12BrClN2O2S. The van der Waals surface area contributed by atoms with E-state index in [4.69, 9.17) is 17.3 Å². The van der Waals surface area contributed by atoms with Crippen LogP contribution >= 0.6 is 27.5 Å². The molecule has 106 valence electrons. The first-order valence-corrected chi connectivity index (χ1v) is 8.29. The Morgan fingerprint density at radius 3 is 2.60 bits per heavy atom. The summed E-state index contributed by atoms with van der Waals surface area (Å²) in [6.07, 6.45) is 0. The first kappa shape index (κ1) is 15.2. The molecule has 0 heterocycles. The van der Waals surface area contributed by atoms with E-state index in [0.29, 0.717) is 26.4 Å². The Morgan fingerprint density at radius 2 is 1.95 bits per heavy atom. The zero-order chi connectivity index (χ0) is 14.9. The molecule has 0 saturated carbocycles. The lowest BCUT2D eigenvalue weighted by atomic mass is 10.2. The Balaban J connectivity index is 2.41. The summed E-state index contributed by atoms with van der Waals surface area (Å²) in [6.45, 7) is 1.76. The molecule has 20 heavy (non-hydrogen) atoms. The summed E-state index contributed by atoms with van der Waals surface area (Å²) in [7, 11) is -3.67. The average Bonchev–Trinajstić information content (AvgIpc) is 2.36. The van der Waals surface area contributed by atoms with Gasteiger partial charge in [0.15, 0.2) is 0 Å². The molecule has 0 radical (unpaired) electrons. The van der Waals surface area contributed by atoms with E-state index in [1.165, 1.54) is 18.2 Å². The van der Waals surface area contributed by atoms with Gasteiger partial charge in [0.25, 0.3) is 10.0 Å². The normalized spacial score (nSPS) is 11.3. The van der Waals surface area contributed by atoms with Gasteiger partial charge < -0.3 is 5.73 Å². The minimum Gasteiger partial charge on any atom is -0.398 e. The van der Waals surface area contributed by atoms with Crippen LogP contribution in [-0.4, -0.2) is 8.42 Å². The number of hydrogen-bond donors (Lipinski definition) is 2. The Bertz CT molecular complexity index is 763. The highest BCUT2D eigenvalue weighted by Crippen LogP contribution is 2.28. The number of nitrogens with two attached hydrogens (primary N) is 1. The van der Waals surface area contributed by atoms with Crippen molar-refractivity contribution in [2.75, 3.05) is 10.5 Å². The van der Waals surface area contributed by atoms with Crippen molar-refractivity contribution < 1.29 is 8.42 Å². The molecule has 3 N–H and O–H groups in total. The fourth-order valence-electron chi connectivity index (χ4n) is 1.65. The van der Waals surface area contributed by atoms with Crippen LogP contribution in [0.25, 0.3) is 0 Å². The van der Waals surface area contributed by atoms with Crippen LogP contribution in [0.3, 0.4) is 0 Å². The number of halogens is 2.